The van der Waals surface area contributed by atoms with Crippen LogP contribution in [0.4, 0.5) is 0 Å². The topological polar surface area (TPSA) is 65.0 Å². The summed E-state index contributed by atoms with van der Waals surface area (Å²) in [6.07, 6.45) is 0. The molecule has 3 heterocycles. The predicted molar refractivity (Wildman–Crippen MR) is 203 cm³/mol. The van der Waals surface area contributed by atoms with Crippen LogP contribution in [-0.4, -0.2) is 15.0 Å². The number of furan rings is 2. The normalized spacial score (nSPS) is 12.0. The van der Waals surface area contributed by atoms with Gasteiger partial charge in [-0.15, -0.1) is 0 Å². The third kappa shape index (κ3) is 3.98. The van der Waals surface area contributed by atoms with E-state index in [0.717, 1.165) is 82.1 Å². The van der Waals surface area contributed by atoms with Crippen LogP contribution in [0.25, 0.3) is 110 Å². The lowest BCUT2D eigenvalue weighted by Gasteiger charge is -2.11. The zero-order valence-corrected chi connectivity index (χ0v) is 26.6. The second kappa shape index (κ2) is 10.3. The highest BCUT2D eigenvalue weighted by Gasteiger charge is 2.22. The molecule has 50 heavy (non-hydrogen) atoms. The van der Waals surface area contributed by atoms with E-state index in [-0.39, 0.29) is 0 Å². The van der Waals surface area contributed by atoms with Crippen molar-refractivity contribution in [2.45, 2.75) is 0 Å². The van der Waals surface area contributed by atoms with E-state index >= 15 is 0 Å². The summed E-state index contributed by atoms with van der Waals surface area (Å²) in [6.45, 7) is 0. The second-order valence-electron chi connectivity index (χ2n) is 12.8. The summed E-state index contributed by atoms with van der Waals surface area (Å²) in [5.41, 5.74) is 5.79. The molecule has 0 aliphatic carbocycles. The van der Waals surface area contributed by atoms with E-state index in [1.165, 1.54) is 10.8 Å². The number of rotatable bonds is 3. The maximum atomic E-state index is 6.64. The lowest BCUT2D eigenvalue weighted by molar-refractivity contribution is 0.668. The quantitative estimate of drug-likeness (QED) is 0.180. The van der Waals surface area contributed by atoms with Crippen LogP contribution in [0.1, 0.15) is 0 Å². The molecule has 3 aromatic heterocycles. The van der Waals surface area contributed by atoms with Crippen LogP contribution in [0.3, 0.4) is 0 Å². The average molecular weight is 640 g/mol. The number of nitrogens with zero attached hydrogens (tertiary/aromatic N) is 3. The smallest absolute Gasteiger partial charge is 0.167 e. The Kier molecular flexibility index (Phi) is 5.60. The monoisotopic (exact) mass is 639 g/mol. The van der Waals surface area contributed by atoms with Crippen molar-refractivity contribution in [2.24, 2.45) is 0 Å². The Morgan fingerprint density at radius 2 is 0.920 bits per heavy atom. The van der Waals surface area contributed by atoms with E-state index in [4.69, 9.17) is 23.8 Å². The molecule has 0 bridgehead atoms. The minimum atomic E-state index is 0.544. The van der Waals surface area contributed by atoms with Crippen molar-refractivity contribution in [1.82, 2.24) is 15.0 Å². The van der Waals surface area contributed by atoms with E-state index in [1.807, 2.05) is 42.5 Å². The predicted octanol–water partition coefficient (Wildman–Crippen LogP) is 12.1. The third-order valence-corrected chi connectivity index (χ3v) is 9.89. The van der Waals surface area contributed by atoms with Crippen molar-refractivity contribution in [1.29, 1.82) is 0 Å². The first-order valence-electron chi connectivity index (χ1n) is 16.7. The fourth-order valence-electron chi connectivity index (χ4n) is 7.59. The molecule has 0 atom stereocenters. The van der Waals surface area contributed by atoms with E-state index in [0.29, 0.717) is 17.5 Å². The van der Waals surface area contributed by atoms with Gasteiger partial charge >= 0.3 is 0 Å². The molecule has 232 valence electrons. The summed E-state index contributed by atoms with van der Waals surface area (Å²) in [6, 6.07) is 52.2. The average Bonchev–Trinajstić information content (AvgIpc) is 3.76. The van der Waals surface area contributed by atoms with E-state index < -0.39 is 0 Å². The van der Waals surface area contributed by atoms with Crippen molar-refractivity contribution < 1.29 is 8.83 Å². The SMILES string of the molecule is c1ccc2c(c1)ccc1ccc(-c3nc(-c4cc5ccccc5c5c4oc4ccccc45)nc(-c4cccc5oc6ccccc6c45)n3)cc12. The first-order valence-corrected chi connectivity index (χ1v) is 16.7. The molecular formula is C45H25N3O2. The molecule has 11 rings (SSSR count). The van der Waals surface area contributed by atoms with Crippen LogP contribution in [0.2, 0.25) is 0 Å². The Bertz CT molecular complexity index is 3170. The Morgan fingerprint density at radius 3 is 1.74 bits per heavy atom. The fraction of sp³-hybridized carbons (Fsp3) is 0. The molecule has 0 aliphatic heterocycles. The van der Waals surface area contributed by atoms with Gasteiger partial charge in [-0.1, -0.05) is 121 Å². The van der Waals surface area contributed by atoms with Gasteiger partial charge < -0.3 is 8.83 Å². The number of fused-ring (bicyclic) bond motifs is 11. The van der Waals surface area contributed by atoms with Crippen LogP contribution in [0.15, 0.2) is 160 Å². The molecule has 0 unspecified atom stereocenters. The number of aromatic nitrogens is 3. The van der Waals surface area contributed by atoms with Crippen LogP contribution >= 0.6 is 0 Å². The molecule has 0 fully saturated rings. The molecule has 0 saturated heterocycles. The minimum Gasteiger partial charge on any atom is -0.456 e. The van der Waals surface area contributed by atoms with Gasteiger partial charge in [-0.2, -0.15) is 0 Å². The van der Waals surface area contributed by atoms with Crippen molar-refractivity contribution in [3.63, 3.8) is 0 Å². The highest BCUT2D eigenvalue weighted by Crippen LogP contribution is 2.42. The first kappa shape index (κ1) is 27.1. The number of hydrogen-bond acceptors (Lipinski definition) is 5. The molecule has 0 radical (unpaired) electrons. The number of para-hydroxylation sites is 2. The van der Waals surface area contributed by atoms with Gasteiger partial charge in [-0.05, 0) is 62.6 Å². The molecule has 8 aromatic carbocycles. The number of benzene rings is 8. The minimum absolute atomic E-state index is 0.544. The van der Waals surface area contributed by atoms with Crippen LogP contribution < -0.4 is 0 Å². The summed E-state index contributed by atoms with van der Waals surface area (Å²) in [7, 11) is 0. The molecule has 11 aromatic rings. The third-order valence-electron chi connectivity index (χ3n) is 9.89. The van der Waals surface area contributed by atoms with Gasteiger partial charge in [-0.3, -0.25) is 0 Å². The fourth-order valence-corrected chi connectivity index (χ4v) is 7.59. The van der Waals surface area contributed by atoms with Gasteiger partial charge in [0.25, 0.3) is 0 Å². The summed E-state index contributed by atoms with van der Waals surface area (Å²) in [5.74, 6) is 1.70. The molecule has 0 amide bonds. The zero-order valence-electron chi connectivity index (χ0n) is 26.6. The first-order chi connectivity index (χ1) is 24.8. The number of hydrogen-bond donors (Lipinski definition) is 0. The van der Waals surface area contributed by atoms with Gasteiger partial charge in [0.15, 0.2) is 17.5 Å². The van der Waals surface area contributed by atoms with Crippen molar-refractivity contribution >= 4 is 76.2 Å². The lowest BCUT2D eigenvalue weighted by atomic mass is 9.99. The summed E-state index contributed by atoms with van der Waals surface area (Å²) in [5, 5.41) is 11.0. The summed E-state index contributed by atoms with van der Waals surface area (Å²) >= 11 is 0. The van der Waals surface area contributed by atoms with Gasteiger partial charge in [0, 0.05) is 32.7 Å². The second-order valence-corrected chi connectivity index (χ2v) is 12.8. The molecule has 0 aliphatic rings. The van der Waals surface area contributed by atoms with Gasteiger partial charge in [0.2, 0.25) is 0 Å². The molecule has 0 saturated carbocycles. The standard InChI is InChI=1S/C45H25N3O2/c1-3-12-30-26(10-1)20-21-27-22-23-29(25-35(27)30)43-46-44(34-16-9-19-39-40(34)32-14-5-7-17-37(32)49-39)48-45(47-43)36-24-28-11-2-4-13-31(28)41-33-15-6-8-18-38(33)50-42(36)41/h1-25H. The van der Waals surface area contributed by atoms with Gasteiger partial charge in [0.05, 0.1) is 5.56 Å². The highest BCUT2D eigenvalue weighted by molar-refractivity contribution is 6.22. The maximum Gasteiger partial charge on any atom is 0.167 e. The summed E-state index contributed by atoms with van der Waals surface area (Å²) in [4.78, 5) is 15.7. The van der Waals surface area contributed by atoms with Crippen molar-refractivity contribution in [3.05, 3.63) is 152 Å². The van der Waals surface area contributed by atoms with E-state index in [1.54, 1.807) is 0 Å². The van der Waals surface area contributed by atoms with Gasteiger partial charge in [0.1, 0.15) is 22.3 Å². The molecule has 0 N–H and O–H groups in total. The van der Waals surface area contributed by atoms with Crippen molar-refractivity contribution in [2.75, 3.05) is 0 Å². The van der Waals surface area contributed by atoms with Crippen LogP contribution in [-0.2, 0) is 0 Å². The molecule has 5 nitrogen and oxygen atoms in total. The lowest BCUT2D eigenvalue weighted by Crippen LogP contribution is -2.01. The zero-order chi connectivity index (χ0) is 32.8. The molecular weight excluding hydrogens is 615 g/mol. The van der Waals surface area contributed by atoms with E-state index in [9.17, 15) is 0 Å². The van der Waals surface area contributed by atoms with Crippen LogP contribution in [0.5, 0.6) is 0 Å². The van der Waals surface area contributed by atoms with E-state index in [2.05, 4.69) is 109 Å². The van der Waals surface area contributed by atoms with Gasteiger partial charge in [-0.25, -0.2) is 15.0 Å². The Morgan fingerprint density at radius 1 is 0.340 bits per heavy atom. The van der Waals surface area contributed by atoms with Crippen LogP contribution in [0, 0.1) is 0 Å². The highest BCUT2D eigenvalue weighted by atomic mass is 16.3. The Hall–Kier alpha value is -6.85. The molecule has 5 heteroatoms. The Labute approximate surface area is 285 Å². The Balaban J connectivity index is 1.25. The largest absolute Gasteiger partial charge is 0.456 e. The summed E-state index contributed by atoms with van der Waals surface area (Å²) < 4.78 is 12.9. The molecule has 0 spiro atoms. The maximum absolute atomic E-state index is 6.64. The van der Waals surface area contributed by atoms with Crippen molar-refractivity contribution in [3.8, 4) is 34.2 Å².